The van der Waals surface area contributed by atoms with Crippen molar-refractivity contribution in [2.24, 2.45) is 0 Å². The number of benzene rings is 2. The van der Waals surface area contributed by atoms with Crippen molar-refractivity contribution in [3.05, 3.63) is 70.2 Å². The molecule has 0 spiro atoms. The molecular formula is C18H17BrN6. The van der Waals surface area contributed by atoms with Gasteiger partial charge in [0.25, 0.3) is 0 Å². The van der Waals surface area contributed by atoms with E-state index in [2.05, 4.69) is 84.1 Å². The van der Waals surface area contributed by atoms with E-state index < -0.39 is 0 Å². The number of hydrogen-bond acceptors (Lipinski definition) is 5. The van der Waals surface area contributed by atoms with Gasteiger partial charge in [0.2, 0.25) is 5.95 Å². The molecule has 25 heavy (non-hydrogen) atoms. The highest BCUT2D eigenvalue weighted by molar-refractivity contribution is 9.10. The first-order chi connectivity index (χ1) is 12.1. The molecular weight excluding hydrogens is 380 g/mol. The maximum atomic E-state index is 4.14. The highest BCUT2D eigenvalue weighted by Crippen LogP contribution is 2.32. The average Bonchev–Trinajstić information content (AvgIpc) is 3.10. The first kappa shape index (κ1) is 15.8. The summed E-state index contributed by atoms with van der Waals surface area (Å²) in [5.41, 5.74) is 4.38. The molecule has 0 saturated heterocycles. The van der Waals surface area contributed by atoms with Crippen molar-refractivity contribution in [2.45, 2.75) is 6.04 Å². The SMILES string of the molecule is CN(C)c1ccc([C@H]2C=C(c3ccc(Br)cc3)Nc3nnnn32)cc1. The van der Waals surface area contributed by atoms with Crippen LogP contribution in [0.4, 0.5) is 11.6 Å². The van der Waals surface area contributed by atoms with Gasteiger partial charge < -0.3 is 10.2 Å². The van der Waals surface area contributed by atoms with Crippen molar-refractivity contribution in [3.8, 4) is 0 Å². The summed E-state index contributed by atoms with van der Waals surface area (Å²) in [7, 11) is 4.06. The van der Waals surface area contributed by atoms with Crippen LogP contribution in [0.1, 0.15) is 17.2 Å². The standard InChI is InChI=1S/C18H17BrN6/c1-24(2)15-9-5-13(6-10-15)17-11-16(12-3-7-14(19)8-4-12)20-18-21-22-23-25(17)18/h3-11,17H,1-2H3,(H,20,21,23)/t17-/m1/s1. The largest absolute Gasteiger partial charge is 0.378 e. The fraction of sp³-hybridized carbons (Fsp3) is 0.167. The zero-order valence-corrected chi connectivity index (χ0v) is 15.5. The second-order valence-corrected chi connectivity index (χ2v) is 7.01. The lowest BCUT2D eigenvalue weighted by molar-refractivity contribution is 0.586. The van der Waals surface area contributed by atoms with Gasteiger partial charge in [0.1, 0.15) is 6.04 Å². The van der Waals surface area contributed by atoms with E-state index in [-0.39, 0.29) is 6.04 Å². The van der Waals surface area contributed by atoms with E-state index in [0.29, 0.717) is 5.95 Å². The van der Waals surface area contributed by atoms with E-state index in [1.54, 1.807) is 4.68 Å². The quantitative estimate of drug-likeness (QED) is 0.733. The number of fused-ring (bicyclic) bond motifs is 1. The van der Waals surface area contributed by atoms with Crippen LogP contribution in [-0.2, 0) is 0 Å². The average molecular weight is 397 g/mol. The lowest BCUT2D eigenvalue weighted by atomic mass is 10.0. The van der Waals surface area contributed by atoms with Gasteiger partial charge in [0.15, 0.2) is 0 Å². The monoisotopic (exact) mass is 396 g/mol. The molecule has 1 N–H and O–H groups in total. The molecule has 1 aliphatic heterocycles. The molecule has 0 fully saturated rings. The maximum absolute atomic E-state index is 4.14. The van der Waals surface area contributed by atoms with Gasteiger partial charge in [-0.15, -0.1) is 0 Å². The Bertz CT molecular complexity index is 911. The second kappa shape index (κ2) is 6.33. The molecule has 7 heteroatoms. The number of nitrogens with one attached hydrogen (secondary N) is 1. The molecule has 0 bridgehead atoms. The third-order valence-corrected chi connectivity index (χ3v) is 4.76. The molecule has 0 aliphatic carbocycles. The van der Waals surface area contributed by atoms with Crippen LogP contribution in [0.3, 0.4) is 0 Å². The van der Waals surface area contributed by atoms with Crippen molar-refractivity contribution < 1.29 is 0 Å². The van der Waals surface area contributed by atoms with Gasteiger partial charge in [0.05, 0.1) is 0 Å². The fourth-order valence-electron chi connectivity index (χ4n) is 2.86. The van der Waals surface area contributed by atoms with Gasteiger partial charge in [-0.1, -0.05) is 45.3 Å². The summed E-state index contributed by atoms with van der Waals surface area (Å²) in [6, 6.07) is 16.6. The van der Waals surface area contributed by atoms with Gasteiger partial charge >= 0.3 is 0 Å². The molecule has 1 aliphatic rings. The molecule has 1 atom stereocenters. The lowest BCUT2D eigenvalue weighted by Crippen LogP contribution is -2.20. The minimum atomic E-state index is -0.0545. The number of anilines is 2. The summed E-state index contributed by atoms with van der Waals surface area (Å²) in [6.07, 6.45) is 2.15. The van der Waals surface area contributed by atoms with Crippen molar-refractivity contribution >= 4 is 33.3 Å². The number of halogens is 1. The highest BCUT2D eigenvalue weighted by Gasteiger charge is 2.24. The van der Waals surface area contributed by atoms with E-state index in [1.807, 2.05) is 26.2 Å². The van der Waals surface area contributed by atoms with Crippen molar-refractivity contribution in [1.29, 1.82) is 0 Å². The van der Waals surface area contributed by atoms with Crippen LogP contribution in [0.15, 0.2) is 59.1 Å². The Morgan fingerprint density at radius 1 is 1.04 bits per heavy atom. The van der Waals surface area contributed by atoms with Crippen LogP contribution in [0.2, 0.25) is 0 Å². The van der Waals surface area contributed by atoms with Gasteiger partial charge in [0, 0.05) is 30.0 Å². The summed E-state index contributed by atoms with van der Waals surface area (Å²) < 4.78 is 2.85. The molecule has 0 saturated carbocycles. The van der Waals surface area contributed by atoms with E-state index in [0.717, 1.165) is 27.0 Å². The number of nitrogens with zero attached hydrogens (tertiary/aromatic N) is 5. The third-order valence-electron chi connectivity index (χ3n) is 4.23. The first-order valence-corrected chi connectivity index (χ1v) is 8.71. The number of aromatic nitrogens is 4. The molecule has 2 heterocycles. The van der Waals surface area contributed by atoms with E-state index in [4.69, 9.17) is 0 Å². The molecule has 4 rings (SSSR count). The van der Waals surface area contributed by atoms with Crippen molar-refractivity contribution in [1.82, 2.24) is 20.2 Å². The minimum Gasteiger partial charge on any atom is -0.378 e. The van der Waals surface area contributed by atoms with Gasteiger partial charge in [-0.3, -0.25) is 0 Å². The number of tetrazole rings is 1. The Morgan fingerprint density at radius 3 is 2.44 bits per heavy atom. The second-order valence-electron chi connectivity index (χ2n) is 6.09. The first-order valence-electron chi connectivity index (χ1n) is 7.92. The van der Waals surface area contributed by atoms with E-state index >= 15 is 0 Å². The van der Waals surface area contributed by atoms with E-state index in [9.17, 15) is 0 Å². The summed E-state index contributed by atoms with van der Waals surface area (Å²) in [5, 5.41) is 15.4. The number of allylic oxidation sites excluding steroid dienone is 1. The molecule has 0 unspecified atom stereocenters. The zero-order valence-electron chi connectivity index (χ0n) is 13.9. The van der Waals surface area contributed by atoms with Crippen LogP contribution in [0.25, 0.3) is 5.70 Å². The van der Waals surface area contributed by atoms with Crippen LogP contribution in [-0.4, -0.2) is 34.3 Å². The van der Waals surface area contributed by atoms with E-state index in [1.165, 1.54) is 0 Å². The molecule has 2 aromatic carbocycles. The predicted octanol–water partition coefficient (Wildman–Crippen LogP) is 3.56. The van der Waals surface area contributed by atoms with Crippen molar-refractivity contribution in [2.75, 3.05) is 24.3 Å². The number of hydrogen-bond donors (Lipinski definition) is 1. The maximum Gasteiger partial charge on any atom is 0.248 e. The molecule has 126 valence electrons. The minimum absolute atomic E-state index is 0.0545. The Labute approximate surface area is 154 Å². The van der Waals surface area contributed by atoms with Gasteiger partial charge in [-0.2, -0.15) is 4.68 Å². The molecule has 3 aromatic rings. The molecule has 0 amide bonds. The Kier molecular flexibility index (Phi) is 4.01. The predicted molar refractivity (Wildman–Crippen MR) is 102 cm³/mol. The van der Waals surface area contributed by atoms with Crippen LogP contribution in [0.5, 0.6) is 0 Å². The highest BCUT2D eigenvalue weighted by atomic mass is 79.9. The Morgan fingerprint density at radius 2 is 1.76 bits per heavy atom. The van der Waals surface area contributed by atoms with Gasteiger partial charge in [-0.05, 0) is 51.9 Å². The smallest absolute Gasteiger partial charge is 0.248 e. The Balaban J connectivity index is 1.75. The molecule has 1 aromatic heterocycles. The van der Waals surface area contributed by atoms with Crippen LogP contribution < -0.4 is 10.2 Å². The molecule has 6 nitrogen and oxygen atoms in total. The number of rotatable bonds is 3. The third kappa shape index (κ3) is 3.02. The zero-order chi connectivity index (χ0) is 17.4. The lowest BCUT2D eigenvalue weighted by Gasteiger charge is -2.24. The molecule has 0 radical (unpaired) electrons. The Hall–Kier alpha value is -2.67. The topological polar surface area (TPSA) is 58.9 Å². The summed E-state index contributed by atoms with van der Waals surface area (Å²) in [6.45, 7) is 0. The fourth-order valence-corrected chi connectivity index (χ4v) is 3.12. The van der Waals surface area contributed by atoms with Crippen LogP contribution in [0, 0.1) is 0 Å². The normalized spacial score (nSPS) is 16.0. The van der Waals surface area contributed by atoms with Gasteiger partial charge in [-0.25, -0.2) is 0 Å². The summed E-state index contributed by atoms with van der Waals surface area (Å²) >= 11 is 3.48. The van der Waals surface area contributed by atoms with Crippen LogP contribution >= 0.6 is 15.9 Å². The van der Waals surface area contributed by atoms with Crippen molar-refractivity contribution in [3.63, 3.8) is 0 Å². The summed E-state index contributed by atoms with van der Waals surface area (Å²) in [4.78, 5) is 2.08. The summed E-state index contributed by atoms with van der Waals surface area (Å²) in [5.74, 6) is 0.641.